The van der Waals surface area contributed by atoms with Crippen LogP contribution in [0, 0.1) is 6.92 Å². The van der Waals surface area contributed by atoms with E-state index in [-0.39, 0.29) is 5.69 Å². The summed E-state index contributed by atoms with van der Waals surface area (Å²) in [6.07, 6.45) is -0.724. The maximum atomic E-state index is 11.2. The molecule has 1 heterocycles. The second-order valence-electron chi connectivity index (χ2n) is 2.54. The highest BCUT2D eigenvalue weighted by atomic mass is 16.5. The minimum Gasteiger partial charge on any atom is -0.464 e. The van der Waals surface area contributed by atoms with Crippen LogP contribution in [0.25, 0.3) is 0 Å². The predicted octanol–water partition coefficient (Wildman–Crippen LogP) is 0.593. The number of carbonyl (C=O) groups is 2. The van der Waals surface area contributed by atoms with E-state index in [0.29, 0.717) is 5.69 Å². The van der Waals surface area contributed by atoms with Crippen LogP contribution in [0.5, 0.6) is 0 Å². The predicted molar refractivity (Wildman–Crippen MR) is 46.1 cm³/mol. The van der Waals surface area contributed by atoms with Crippen LogP contribution in [-0.2, 0) is 9.47 Å². The molecular weight excluding hydrogens is 188 g/mol. The van der Waals surface area contributed by atoms with Gasteiger partial charge in [-0.15, -0.1) is 0 Å². The summed E-state index contributed by atoms with van der Waals surface area (Å²) in [5.41, 5.74) is 0.590. The number of esters is 1. The summed E-state index contributed by atoms with van der Waals surface area (Å²) >= 11 is 0. The van der Waals surface area contributed by atoms with Gasteiger partial charge in [0.15, 0.2) is 5.69 Å². The first-order valence-corrected chi connectivity index (χ1v) is 3.83. The molecule has 0 saturated heterocycles. The van der Waals surface area contributed by atoms with Crippen molar-refractivity contribution < 1.29 is 19.1 Å². The zero-order valence-corrected chi connectivity index (χ0v) is 8.10. The molecular formula is C8H10N2O4. The average Bonchev–Trinajstić information content (AvgIpc) is 2.58. The van der Waals surface area contributed by atoms with Gasteiger partial charge in [-0.05, 0) is 13.0 Å². The number of nitrogens with zero attached hydrogens (tertiary/aromatic N) is 2. The second kappa shape index (κ2) is 3.91. The van der Waals surface area contributed by atoms with E-state index in [2.05, 4.69) is 14.6 Å². The summed E-state index contributed by atoms with van der Waals surface area (Å²) in [6, 6.07) is 1.45. The van der Waals surface area contributed by atoms with E-state index in [1.54, 1.807) is 6.92 Å². The first-order chi connectivity index (χ1) is 6.60. The van der Waals surface area contributed by atoms with Crippen molar-refractivity contribution in [3.05, 3.63) is 17.5 Å². The van der Waals surface area contributed by atoms with Gasteiger partial charge in [0.05, 0.1) is 19.9 Å². The molecule has 0 aromatic carbocycles. The normalized spacial score (nSPS) is 9.64. The molecule has 0 aliphatic heterocycles. The fourth-order valence-electron chi connectivity index (χ4n) is 0.975. The van der Waals surface area contributed by atoms with Gasteiger partial charge in [-0.3, -0.25) is 0 Å². The van der Waals surface area contributed by atoms with Gasteiger partial charge in [-0.2, -0.15) is 9.78 Å². The van der Waals surface area contributed by atoms with E-state index in [9.17, 15) is 9.59 Å². The maximum Gasteiger partial charge on any atom is 0.435 e. The SMILES string of the molecule is COC(=O)c1cc(C)nn1C(=O)OC. The molecule has 1 aromatic heterocycles. The summed E-state index contributed by atoms with van der Waals surface area (Å²) in [6.45, 7) is 1.66. The van der Waals surface area contributed by atoms with Gasteiger partial charge in [0.25, 0.3) is 0 Å². The Bertz CT molecular complexity index is 336. The molecule has 14 heavy (non-hydrogen) atoms. The largest absolute Gasteiger partial charge is 0.464 e. The van der Waals surface area contributed by atoms with Crippen molar-refractivity contribution in [2.45, 2.75) is 6.92 Å². The lowest BCUT2D eigenvalue weighted by Crippen LogP contribution is -2.19. The molecule has 0 saturated carbocycles. The van der Waals surface area contributed by atoms with Crippen LogP contribution in [-0.4, -0.2) is 36.1 Å². The van der Waals surface area contributed by atoms with Crippen molar-refractivity contribution in [2.24, 2.45) is 0 Å². The Morgan fingerprint density at radius 1 is 1.36 bits per heavy atom. The summed E-state index contributed by atoms with van der Waals surface area (Å²) < 4.78 is 9.78. The minimum absolute atomic E-state index is 0.0526. The maximum absolute atomic E-state index is 11.2. The van der Waals surface area contributed by atoms with Gasteiger partial charge < -0.3 is 9.47 Å². The first kappa shape index (κ1) is 10.2. The quantitative estimate of drug-likeness (QED) is 0.617. The highest BCUT2D eigenvalue weighted by Crippen LogP contribution is 2.05. The van der Waals surface area contributed by atoms with Crippen molar-refractivity contribution in [2.75, 3.05) is 14.2 Å². The van der Waals surface area contributed by atoms with Crippen LogP contribution in [0.4, 0.5) is 4.79 Å². The first-order valence-electron chi connectivity index (χ1n) is 3.83. The molecule has 0 bridgehead atoms. The standard InChI is InChI=1S/C8H10N2O4/c1-5-4-6(7(11)13-2)10(9-5)8(12)14-3/h4H,1-3H3. The Kier molecular flexibility index (Phi) is 2.85. The topological polar surface area (TPSA) is 70.4 Å². The third-order valence-corrected chi connectivity index (χ3v) is 1.57. The number of hydrogen-bond donors (Lipinski definition) is 0. The summed E-state index contributed by atoms with van der Waals surface area (Å²) in [4.78, 5) is 22.3. The van der Waals surface area contributed by atoms with Crippen molar-refractivity contribution >= 4 is 12.1 Å². The van der Waals surface area contributed by atoms with Crippen LogP contribution in [0.15, 0.2) is 6.07 Å². The Morgan fingerprint density at radius 3 is 2.50 bits per heavy atom. The summed E-state index contributed by atoms with van der Waals surface area (Å²) in [5.74, 6) is -0.629. The third kappa shape index (κ3) is 1.73. The molecule has 0 radical (unpaired) electrons. The Labute approximate surface area is 80.4 Å². The molecule has 1 rings (SSSR count). The fourth-order valence-corrected chi connectivity index (χ4v) is 0.975. The minimum atomic E-state index is -0.724. The fraction of sp³-hybridized carbons (Fsp3) is 0.375. The zero-order chi connectivity index (χ0) is 10.7. The van der Waals surface area contributed by atoms with Crippen LogP contribution in [0.3, 0.4) is 0 Å². The van der Waals surface area contributed by atoms with Crippen molar-refractivity contribution in [1.29, 1.82) is 0 Å². The van der Waals surface area contributed by atoms with Gasteiger partial charge in [-0.25, -0.2) is 9.59 Å². The monoisotopic (exact) mass is 198 g/mol. The number of aryl methyl sites for hydroxylation is 1. The van der Waals surface area contributed by atoms with Crippen molar-refractivity contribution in [3.63, 3.8) is 0 Å². The summed E-state index contributed by atoms with van der Waals surface area (Å²) in [7, 11) is 2.44. The summed E-state index contributed by atoms with van der Waals surface area (Å²) in [5, 5.41) is 3.79. The highest BCUT2D eigenvalue weighted by Gasteiger charge is 2.19. The van der Waals surface area contributed by atoms with Crippen molar-refractivity contribution in [1.82, 2.24) is 9.78 Å². The van der Waals surface area contributed by atoms with Gasteiger partial charge in [0.1, 0.15) is 0 Å². The number of ether oxygens (including phenoxy) is 2. The molecule has 6 nitrogen and oxygen atoms in total. The lowest BCUT2D eigenvalue weighted by Gasteiger charge is -2.01. The Hall–Kier alpha value is -1.85. The number of rotatable bonds is 1. The molecule has 0 unspecified atom stereocenters. The lowest BCUT2D eigenvalue weighted by molar-refractivity contribution is 0.0585. The molecule has 0 spiro atoms. The van der Waals surface area contributed by atoms with Gasteiger partial charge >= 0.3 is 12.1 Å². The van der Waals surface area contributed by atoms with Crippen LogP contribution >= 0.6 is 0 Å². The number of carbonyl (C=O) groups excluding carboxylic acids is 2. The Balaban J connectivity index is 3.15. The van der Waals surface area contributed by atoms with Gasteiger partial charge in [0, 0.05) is 0 Å². The van der Waals surface area contributed by atoms with Crippen LogP contribution < -0.4 is 0 Å². The smallest absolute Gasteiger partial charge is 0.435 e. The van der Waals surface area contributed by atoms with Crippen LogP contribution in [0.2, 0.25) is 0 Å². The average molecular weight is 198 g/mol. The molecule has 6 heteroatoms. The second-order valence-corrected chi connectivity index (χ2v) is 2.54. The number of hydrogen-bond acceptors (Lipinski definition) is 5. The number of aromatic nitrogens is 2. The lowest BCUT2D eigenvalue weighted by atomic mass is 10.4. The van der Waals surface area contributed by atoms with Gasteiger partial charge in [-0.1, -0.05) is 0 Å². The van der Waals surface area contributed by atoms with E-state index < -0.39 is 12.1 Å². The van der Waals surface area contributed by atoms with Crippen molar-refractivity contribution in [3.8, 4) is 0 Å². The van der Waals surface area contributed by atoms with Crippen LogP contribution in [0.1, 0.15) is 16.2 Å². The van der Waals surface area contributed by atoms with E-state index >= 15 is 0 Å². The van der Waals surface area contributed by atoms with Gasteiger partial charge in [0.2, 0.25) is 0 Å². The van der Waals surface area contributed by atoms with E-state index in [4.69, 9.17) is 0 Å². The van der Waals surface area contributed by atoms with E-state index in [0.717, 1.165) is 4.68 Å². The van der Waals surface area contributed by atoms with E-state index in [1.165, 1.54) is 20.3 Å². The molecule has 1 aromatic rings. The number of methoxy groups -OCH3 is 2. The molecule has 0 N–H and O–H groups in total. The molecule has 0 fully saturated rings. The molecule has 0 aliphatic carbocycles. The third-order valence-electron chi connectivity index (χ3n) is 1.57. The Morgan fingerprint density at radius 2 is 2.00 bits per heavy atom. The molecule has 0 atom stereocenters. The van der Waals surface area contributed by atoms with E-state index in [1.807, 2.05) is 0 Å². The zero-order valence-electron chi connectivity index (χ0n) is 8.10. The molecule has 76 valence electrons. The molecule has 0 aliphatic rings. The highest BCUT2D eigenvalue weighted by molar-refractivity contribution is 5.91. The molecule has 0 amide bonds.